The maximum atomic E-state index is 5.86. The first-order chi connectivity index (χ1) is 9.72. The monoisotopic (exact) mass is 347 g/mol. The molecule has 0 saturated carbocycles. The van der Waals surface area contributed by atoms with Crippen molar-refractivity contribution in [3.63, 3.8) is 0 Å². The van der Waals surface area contributed by atoms with Gasteiger partial charge in [0.15, 0.2) is 0 Å². The molecular formula is C16H27Cl2N3O. The molecule has 0 spiro atoms. The van der Waals surface area contributed by atoms with E-state index in [4.69, 9.17) is 10.5 Å². The number of rotatable bonds is 3. The fourth-order valence-corrected chi connectivity index (χ4v) is 3.51. The molecule has 2 saturated heterocycles. The zero-order valence-electron chi connectivity index (χ0n) is 13.1. The summed E-state index contributed by atoms with van der Waals surface area (Å²) >= 11 is 0. The molecule has 3 rings (SSSR count). The van der Waals surface area contributed by atoms with Crippen molar-refractivity contribution in [2.75, 3.05) is 45.1 Å². The van der Waals surface area contributed by atoms with Crippen molar-refractivity contribution >= 4 is 30.5 Å². The first kappa shape index (κ1) is 19.5. The largest absolute Gasteiger partial charge is 0.399 e. The molecule has 126 valence electrons. The highest BCUT2D eigenvalue weighted by molar-refractivity contribution is 5.85. The normalized spacial score (nSPS) is 26.2. The number of halogens is 2. The van der Waals surface area contributed by atoms with Gasteiger partial charge in [-0.2, -0.15) is 0 Å². The lowest BCUT2D eigenvalue weighted by Gasteiger charge is -2.34. The molecule has 6 heteroatoms. The van der Waals surface area contributed by atoms with E-state index in [1.807, 2.05) is 12.1 Å². The van der Waals surface area contributed by atoms with Gasteiger partial charge in [-0.3, -0.25) is 9.80 Å². The van der Waals surface area contributed by atoms with Crippen LogP contribution in [-0.2, 0) is 11.3 Å². The average Bonchev–Trinajstić information content (AvgIpc) is 2.80. The molecule has 2 heterocycles. The summed E-state index contributed by atoms with van der Waals surface area (Å²) in [5.74, 6) is 0.731. The summed E-state index contributed by atoms with van der Waals surface area (Å²) in [5, 5.41) is 0. The number of hydrogen-bond acceptors (Lipinski definition) is 4. The van der Waals surface area contributed by atoms with Gasteiger partial charge in [-0.05, 0) is 23.6 Å². The number of morpholine rings is 1. The number of hydrogen-bond donors (Lipinski definition) is 1. The topological polar surface area (TPSA) is 41.7 Å². The number of anilines is 1. The molecule has 0 bridgehead atoms. The minimum atomic E-state index is 0. The van der Waals surface area contributed by atoms with Crippen molar-refractivity contribution in [1.82, 2.24) is 9.80 Å². The molecule has 0 amide bonds. The van der Waals surface area contributed by atoms with E-state index in [1.54, 1.807) is 0 Å². The predicted molar refractivity (Wildman–Crippen MR) is 96.0 cm³/mol. The molecule has 1 aromatic rings. The first-order valence-electron chi connectivity index (χ1n) is 7.61. The molecule has 2 aliphatic heterocycles. The third-order valence-corrected chi connectivity index (χ3v) is 4.52. The zero-order valence-corrected chi connectivity index (χ0v) is 14.7. The molecule has 2 aliphatic rings. The molecule has 2 fully saturated rings. The van der Waals surface area contributed by atoms with E-state index in [0.29, 0.717) is 6.04 Å². The van der Waals surface area contributed by atoms with E-state index >= 15 is 0 Å². The van der Waals surface area contributed by atoms with Gasteiger partial charge in [-0.25, -0.2) is 0 Å². The maximum absolute atomic E-state index is 5.86. The van der Waals surface area contributed by atoms with Gasteiger partial charge in [0.05, 0.1) is 13.2 Å². The Balaban J connectivity index is 0.00000121. The highest BCUT2D eigenvalue weighted by Crippen LogP contribution is 2.24. The molecule has 1 aromatic carbocycles. The molecule has 22 heavy (non-hydrogen) atoms. The second-order valence-corrected chi connectivity index (χ2v) is 6.13. The van der Waals surface area contributed by atoms with Crippen LogP contribution in [0, 0.1) is 5.92 Å². The van der Waals surface area contributed by atoms with Gasteiger partial charge in [-0.15, -0.1) is 24.8 Å². The Bertz CT molecular complexity index is 455. The zero-order chi connectivity index (χ0) is 13.9. The van der Waals surface area contributed by atoms with Gasteiger partial charge in [0, 0.05) is 44.5 Å². The molecular weight excluding hydrogens is 321 g/mol. The smallest absolute Gasteiger partial charge is 0.0594 e. The summed E-state index contributed by atoms with van der Waals surface area (Å²) in [5.41, 5.74) is 8.04. The highest BCUT2D eigenvalue weighted by Gasteiger charge is 2.34. The van der Waals surface area contributed by atoms with Crippen LogP contribution < -0.4 is 5.73 Å². The van der Waals surface area contributed by atoms with Crippen LogP contribution in [0.15, 0.2) is 24.3 Å². The van der Waals surface area contributed by atoms with Crippen molar-refractivity contribution in [3.8, 4) is 0 Å². The van der Waals surface area contributed by atoms with Crippen molar-refractivity contribution in [3.05, 3.63) is 29.8 Å². The Morgan fingerprint density at radius 3 is 2.59 bits per heavy atom. The molecule has 4 nitrogen and oxygen atoms in total. The highest BCUT2D eigenvalue weighted by atomic mass is 35.5. The third kappa shape index (κ3) is 4.74. The number of ether oxygens (including phenoxy) is 1. The lowest BCUT2D eigenvalue weighted by molar-refractivity contribution is 0.0118. The second-order valence-electron chi connectivity index (χ2n) is 6.13. The number of nitrogens with two attached hydrogens (primary N) is 1. The quantitative estimate of drug-likeness (QED) is 0.851. The Hall–Kier alpha value is -0.520. The molecule has 0 aliphatic carbocycles. The van der Waals surface area contributed by atoms with Gasteiger partial charge in [0.25, 0.3) is 0 Å². The van der Waals surface area contributed by atoms with Crippen LogP contribution in [0.4, 0.5) is 5.69 Å². The van der Waals surface area contributed by atoms with Crippen LogP contribution in [0.5, 0.6) is 0 Å². The fraction of sp³-hybridized carbons (Fsp3) is 0.625. The van der Waals surface area contributed by atoms with Gasteiger partial charge in [-0.1, -0.05) is 19.1 Å². The molecule has 0 aromatic heterocycles. The maximum Gasteiger partial charge on any atom is 0.0594 e. The number of nitrogen functional groups attached to an aromatic ring is 1. The van der Waals surface area contributed by atoms with Gasteiger partial charge in [0.1, 0.15) is 0 Å². The summed E-state index contributed by atoms with van der Waals surface area (Å²) < 4.78 is 5.46. The van der Waals surface area contributed by atoms with Gasteiger partial charge >= 0.3 is 0 Å². The SMILES string of the molecule is CC1CN(Cc2cccc(N)c2)CC1N1CCOCC1.Cl.Cl. The molecule has 0 radical (unpaired) electrons. The summed E-state index contributed by atoms with van der Waals surface area (Å²) in [6.45, 7) is 9.67. The van der Waals surface area contributed by atoms with Crippen molar-refractivity contribution in [1.29, 1.82) is 0 Å². The predicted octanol–water partition coefficient (Wildman–Crippen LogP) is 2.26. The number of nitrogens with zero attached hydrogens (tertiary/aromatic N) is 2. The van der Waals surface area contributed by atoms with E-state index in [1.165, 1.54) is 12.1 Å². The van der Waals surface area contributed by atoms with Crippen LogP contribution in [0.1, 0.15) is 12.5 Å². The third-order valence-electron chi connectivity index (χ3n) is 4.52. The number of benzene rings is 1. The van der Waals surface area contributed by atoms with Crippen LogP contribution in [0.25, 0.3) is 0 Å². The van der Waals surface area contributed by atoms with Crippen LogP contribution in [0.3, 0.4) is 0 Å². The minimum Gasteiger partial charge on any atom is -0.399 e. The molecule has 2 unspecified atom stereocenters. The van der Waals surface area contributed by atoms with Gasteiger partial charge in [0.2, 0.25) is 0 Å². The first-order valence-corrected chi connectivity index (χ1v) is 7.61. The average molecular weight is 348 g/mol. The summed E-state index contributed by atoms with van der Waals surface area (Å²) in [6.07, 6.45) is 0. The van der Waals surface area contributed by atoms with E-state index in [2.05, 4.69) is 28.9 Å². The van der Waals surface area contributed by atoms with E-state index < -0.39 is 0 Å². The van der Waals surface area contributed by atoms with Gasteiger partial charge < -0.3 is 10.5 Å². The summed E-state index contributed by atoms with van der Waals surface area (Å²) in [4.78, 5) is 5.16. The molecule has 2 atom stereocenters. The summed E-state index contributed by atoms with van der Waals surface area (Å²) in [6, 6.07) is 8.94. The fourth-order valence-electron chi connectivity index (χ4n) is 3.51. The van der Waals surface area contributed by atoms with Crippen LogP contribution in [0.2, 0.25) is 0 Å². The Labute approximate surface area is 145 Å². The van der Waals surface area contributed by atoms with E-state index in [-0.39, 0.29) is 24.8 Å². The van der Waals surface area contributed by atoms with Crippen LogP contribution >= 0.6 is 24.8 Å². The van der Waals surface area contributed by atoms with Crippen LogP contribution in [-0.4, -0.2) is 55.2 Å². The van der Waals surface area contributed by atoms with Crippen molar-refractivity contribution < 1.29 is 4.74 Å². The lowest BCUT2D eigenvalue weighted by atomic mass is 10.0. The number of likely N-dealkylation sites (tertiary alicyclic amines) is 1. The Morgan fingerprint density at radius 1 is 1.18 bits per heavy atom. The van der Waals surface area contributed by atoms with E-state index in [9.17, 15) is 0 Å². The second kappa shape index (κ2) is 8.94. The van der Waals surface area contributed by atoms with E-state index in [0.717, 1.165) is 51.0 Å². The minimum absolute atomic E-state index is 0. The molecule has 2 N–H and O–H groups in total. The summed E-state index contributed by atoms with van der Waals surface area (Å²) in [7, 11) is 0. The Kier molecular flexibility index (Phi) is 7.94. The lowest BCUT2D eigenvalue weighted by Crippen LogP contribution is -2.46. The Morgan fingerprint density at radius 2 is 1.91 bits per heavy atom. The van der Waals surface area contributed by atoms with Crippen molar-refractivity contribution in [2.24, 2.45) is 5.92 Å². The standard InChI is InChI=1S/C16H25N3O.2ClH/c1-13-10-18(11-14-3-2-4-15(17)9-14)12-16(13)19-5-7-20-8-6-19;;/h2-4,9,13,16H,5-8,10-12,17H2,1H3;2*1H. The van der Waals surface area contributed by atoms with Crippen molar-refractivity contribution in [2.45, 2.75) is 19.5 Å².